The largest absolute Gasteiger partial charge is 0.393 e. The summed E-state index contributed by atoms with van der Waals surface area (Å²) in [5.74, 6) is -2.61. The molecule has 0 aromatic carbocycles. The molecular formula is C5H6O5. The highest BCUT2D eigenvalue weighted by molar-refractivity contribution is 6.58. The molecule has 5 nitrogen and oxygen atoms in total. The standard InChI is InChI=1S/C5H6O5/c6-1-3(8)5(10)4(9)2-7/h1,4,7,9H,2H2/t4-/m1/s1. The van der Waals surface area contributed by atoms with Crippen LogP contribution in [0, 0.1) is 0 Å². The van der Waals surface area contributed by atoms with E-state index in [1.54, 1.807) is 0 Å². The molecule has 1 atom stereocenters. The Hall–Kier alpha value is -1.07. The lowest BCUT2D eigenvalue weighted by Gasteiger charge is -1.99. The fraction of sp³-hybridized carbons (Fsp3) is 0.400. The molecule has 0 aliphatic rings. The Balaban J connectivity index is 4.07. The normalized spacial score (nSPS) is 12.2. The second kappa shape index (κ2) is 3.86. The second-order valence-corrected chi connectivity index (χ2v) is 1.54. The van der Waals surface area contributed by atoms with Gasteiger partial charge in [0.05, 0.1) is 6.61 Å². The number of hydrogen-bond donors (Lipinski definition) is 2. The minimum atomic E-state index is -1.77. The van der Waals surface area contributed by atoms with E-state index in [9.17, 15) is 14.4 Å². The van der Waals surface area contributed by atoms with E-state index < -0.39 is 24.3 Å². The summed E-state index contributed by atoms with van der Waals surface area (Å²) < 4.78 is 0. The van der Waals surface area contributed by atoms with Crippen LogP contribution in [-0.2, 0) is 14.4 Å². The maximum atomic E-state index is 10.3. The van der Waals surface area contributed by atoms with Crippen molar-refractivity contribution in [3.8, 4) is 0 Å². The van der Waals surface area contributed by atoms with Crippen molar-refractivity contribution in [1.29, 1.82) is 0 Å². The molecule has 56 valence electrons. The molecule has 0 bridgehead atoms. The van der Waals surface area contributed by atoms with Gasteiger partial charge in [0.25, 0.3) is 5.78 Å². The summed E-state index contributed by atoms with van der Waals surface area (Å²) in [6.45, 7) is -0.849. The topological polar surface area (TPSA) is 91.7 Å². The Morgan fingerprint density at radius 2 is 2.00 bits per heavy atom. The number of rotatable bonds is 4. The summed E-state index contributed by atoms with van der Waals surface area (Å²) in [6, 6.07) is 0. The lowest BCUT2D eigenvalue weighted by molar-refractivity contribution is -0.145. The molecule has 0 rings (SSSR count). The third-order valence-corrected chi connectivity index (χ3v) is 0.825. The van der Waals surface area contributed by atoms with Gasteiger partial charge in [-0.15, -0.1) is 0 Å². The van der Waals surface area contributed by atoms with Crippen LogP contribution >= 0.6 is 0 Å². The lowest BCUT2D eigenvalue weighted by atomic mass is 10.2. The quantitative estimate of drug-likeness (QED) is 0.264. The first-order chi connectivity index (χ1) is 4.63. The van der Waals surface area contributed by atoms with E-state index in [0.29, 0.717) is 0 Å². The van der Waals surface area contributed by atoms with Gasteiger partial charge in [0.15, 0.2) is 6.29 Å². The van der Waals surface area contributed by atoms with Gasteiger partial charge in [-0.25, -0.2) is 0 Å². The molecule has 0 aromatic rings. The number of aliphatic hydroxyl groups is 2. The van der Waals surface area contributed by atoms with E-state index in [1.165, 1.54) is 0 Å². The molecule has 0 amide bonds. The van der Waals surface area contributed by atoms with Crippen LogP contribution in [-0.4, -0.2) is 40.8 Å². The molecule has 2 N–H and O–H groups in total. The van der Waals surface area contributed by atoms with Gasteiger partial charge in [0.1, 0.15) is 6.10 Å². The summed E-state index contributed by atoms with van der Waals surface area (Å²) in [6.07, 6.45) is -1.97. The number of aldehydes is 1. The van der Waals surface area contributed by atoms with Crippen molar-refractivity contribution >= 4 is 17.9 Å². The van der Waals surface area contributed by atoms with Gasteiger partial charge in [0, 0.05) is 0 Å². The van der Waals surface area contributed by atoms with Gasteiger partial charge in [0.2, 0.25) is 5.78 Å². The van der Waals surface area contributed by atoms with E-state index in [1.807, 2.05) is 0 Å². The van der Waals surface area contributed by atoms with Crippen LogP contribution in [0.2, 0.25) is 0 Å². The first kappa shape index (κ1) is 8.93. The third kappa shape index (κ3) is 2.04. The number of carbonyl (C=O) groups excluding carboxylic acids is 3. The van der Waals surface area contributed by atoms with Crippen molar-refractivity contribution in [2.24, 2.45) is 0 Å². The van der Waals surface area contributed by atoms with Crippen molar-refractivity contribution in [2.75, 3.05) is 6.61 Å². The van der Waals surface area contributed by atoms with Gasteiger partial charge >= 0.3 is 0 Å². The highest BCUT2D eigenvalue weighted by atomic mass is 16.3. The van der Waals surface area contributed by atoms with E-state index >= 15 is 0 Å². The number of aliphatic hydroxyl groups excluding tert-OH is 2. The maximum Gasteiger partial charge on any atom is 0.263 e. The molecule has 0 aromatic heterocycles. The molecule has 10 heavy (non-hydrogen) atoms. The van der Waals surface area contributed by atoms with Crippen molar-refractivity contribution in [3.05, 3.63) is 0 Å². The van der Waals surface area contributed by atoms with Crippen LogP contribution in [0.3, 0.4) is 0 Å². The molecule has 0 aliphatic carbocycles. The minimum absolute atomic E-state index is 0.207. The van der Waals surface area contributed by atoms with Gasteiger partial charge in [-0.3, -0.25) is 14.4 Å². The number of Topliss-reactive ketones (excluding diaryl/α,β-unsaturated/α-hetero) is 2. The van der Waals surface area contributed by atoms with E-state index in [4.69, 9.17) is 10.2 Å². The van der Waals surface area contributed by atoms with E-state index in [0.717, 1.165) is 0 Å². The fourth-order valence-corrected chi connectivity index (χ4v) is 0.305. The molecule has 0 saturated carbocycles. The first-order valence-electron chi connectivity index (χ1n) is 2.45. The molecule has 0 fully saturated rings. The summed E-state index contributed by atoms with van der Waals surface area (Å²) in [5, 5.41) is 16.6. The number of hydrogen-bond acceptors (Lipinski definition) is 5. The fourth-order valence-electron chi connectivity index (χ4n) is 0.305. The van der Waals surface area contributed by atoms with Crippen molar-refractivity contribution in [1.82, 2.24) is 0 Å². The molecule has 0 aliphatic heterocycles. The van der Waals surface area contributed by atoms with Gasteiger partial charge in [-0.1, -0.05) is 0 Å². The monoisotopic (exact) mass is 146 g/mol. The van der Waals surface area contributed by atoms with Crippen LogP contribution in [0.15, 0.2) is 0 Å². The zero-order valence-electron chi connectivity index (χ0n) is 4.98. The summed E-state index contributed by atoms with van der Waals surface area (Å²) in [4.78, 5) is 30.0. The van der Waals surface area contributed by atoms with Crippen LogP contribution in [0.25, 0.3) is 0 Å². The third-order valence-electron chi connectivity index (χ3n) is 0.825. The van der Waals surface area contributed by atoms with Crippen molar-refractivity contribution < 1.29 is 24.6 Å². The number of carbonyl (C=O) groups is 3. The Kier molecular flexibility index (Phi) is 3.45. The Bertz CT molecular complexity index is 161. The highest BCUT2D eigenvalue weighted by Gasteiger charge is 2.20. The smallest absolute Gasteiger partial charge is 0.263 e. The van der Waals surface area contributed by atoms with Gasteiger partial charge in [-0.2, -0.15) is 0 Å². The Morgan fingerprint density at radius 1 is 1.50 bits per heavy atom. The van der Waals surface area contributed by atoms with Crippen LogP contribution in [0.4, 0.5) is 0 Å². The molecule has 0 saturated heterocycles. The molecule has 0 radical (unpaired) electrons. The molecule has 0 unspecified atom stereocenters. The van der Waals surface area contributed by atoms with E-state index in [2.05, 4.69) is 0 Å². The summed E-state index contributed by atoms with van der Waals surface area (Å²) >= 11 is 0. The summed E-state index contributed by atoms with van der Waals surface area (Å²) in [7, 11) is 0. The van der Waals surface area contributed by atoms with Crippen molar-refractivity contribution in [2.45, 2.75) is 6.10 Å². The minimum Gasteiger partial charge on any atom is -0.393 e. The number of ketones is 2. The SMILES string of the molecule is O=CC(=O)C(=O)[C@H](O)CO. The van der Waals surface area contributed by atoms with Crippen LogP contribution < -0.4 is 0 Å². The predicted molar refractivity (Wildman–Crippen MR) is 29.2 cm³/mol. The molecule has 0 spiro atoms. The average Bonchev–Trinajstić information content (AvgIpc) is 2.00. The van der Waals surface area contributed by atoms with E-state index in [-0.39, 0.29) is 6.29 Å². The van der Waals surface area contributed by atoms with Crippen molar-refractivity contribution in [3.63, 3.8) is 0 Å². The van der Waals surface area contributed by atoms with Gasteiger partial charge in [-0.05, 0) is 0 Å². The molecular weight excluding hydrogens is 140 g/mol. The second-order valence-electron chi connectivity index (χ2n) is 1.54. The van der Waals surface area contributed by atoms with Crippen LogP contribution in [0.1, 0.15) is 0 Å². The van der Waals surface area contributed by atoms with Gasteiger partial charge < -0.3 is 10.2 Å². The van der Waals surface area contributed by atoms with Crippen LogP contribution in [0.5, 0.6) is 0 Å². The first-order valence-corrected chi connectivity index (χ1v) is 2.45. The Labute approximate surface area is 56.3 Å². The maximum absolute atomic E-state index is 10.3. The molecule has 5 heteroatoms. The summed E-state index contributed by atoms with van der Waals surface area (Å²) in [5.41, 5.74) is 0. The lowest BCUT2D eigenvalue weighted by Crippen LogP contribution is -2.31. The zero-order chi connectivity index (χ0) is 8.15. The zero-order valence-corrected chi connectivity index (χ0v) is 4.98. The average molecular weight is 146 g/mol. The highest BCUT2D eigenvalue weighted by Crippen LogP contribution is 1.83. The predicted octanol–water partition coefficient (Wildman–Crippen LogP) is -2.32. The molecule has 0 heterocycles. The Morgan fingerprint density at radius 3 is 2.30 bits per heavy atom.